The van der Waals surface area contributed by atoms with Crippen molar-refractivity contribution >= 4 is 0 Å². The third kappa shape index (κ3) is 2.71. The molecule has 0 bridgehead atoms. The smallest absolute Gasteiger partial charge is 0.0358 e. The van der Waals surface area contributed by atoms with Crippen LogP contribution in [0.15, 0.2) is 60.7 Å². The van der Waals surface area contributed by atoms with Gasteiger partial charge in [-0.25, -0.2) is 0 Å². The Hall–Kier alpha value is -1.60. The molecular weight excluding hydrogens is 194 g/mol. The first-order chi connectivity index (χ1) is 7.90. The van der Waals surface area contributed by atoms with Gasteiger partial charge in [0, 0.05) is 6.04 Å². The fourth-order valence-corrected chi connectivity index (χ4v) is 1.92. The van der Waals surface area contributed by atoms with Crippen LogP contribution in [0.1, 0.15) is 17.2 Å². The summed E-state index contributed by atoms with van der Waals surface area (Å²) in [6.45, 7) is 0. The van der Waals surface area contributed by atoms with E-state index in [2.05, 4.69) is 66.0 Å². The monoisotopic (exact) mass is 211 g/mol. The molecule has 0 aliphatic heterocycles. The molecule has 0 amide bonds. The van der Waals surface area contributed by atoms with Crippen molar-refractivity contribution in [1.29, 1.82) is 0 Å². The number of likely N-dealkylation sites (N-methyl/N-ethyl adjacent to an activating group) is 1. The van der Waals surface area contributed by atoms with Gasteiger partial charge in [0.15, 0.2) is 0 Å². The Balaban J connectivity index is 2.13. The Bertz CT molecular complexity index is 408. The molecule has 82 valence electrons. The lowest BCUT2D eigenvalue weighted by Crippen LogP contribution is -2.18. The third-order valence-corrected chi connectivity index (χ3v) is 2.83. The summed E-state index contributed by atoms with van der Waals surface area (Å²) in [5.74, 6) is 0. The van der Waals surface area contributed by atoms with Crippen LogP contribution in [0.5, 0.6) is 0 Å². The van der Waals surface area contributed by atoms with E-state index in [4.69, 9.17) is 0 Å². The summed E-state index contributed by atoms with van der Waals surface area (Å²) in [6.07, 6.45) is 1.03. The van der Waals surface area contributed by atoms with E-state index in [9.17, 15) is 0 Å². The summed E-state index contributed by atoms with van der Waals surface area (Å²) >= 11 is 0. The predicted molar refractivity (Wildman–Crippen MR) is 68.4 cm³/mol. The van der Waals surface area contributed by atoms with Gasteiger partial charge < -0.3 is 5.32 Å². The van der Waals surface area contributed by atoms with Crippen molar-refractivity contribution in [2.75, 3.05) is 7.05 Å². The molecular formula is C15H17N. The molecule has 2 rings (SSSR count). The van der Waals surface area contributed by atoms with E-state index < -0.39 is 0 Å². The molecule has 0 radical (unpaired) electrons. The zero-order chi connectivity index (χ0) is 11.2. The fraction of sp³-hybridized carbons (Fsp3) is 0.200. The van der Waals surface area contributed by atoms with Crippen LogP contribution in [-0.4, -0.2) is 7.05 Å². The highest BCUT2D eigenvalue weighted by Gasteiger charge is 2.08. The van der Waals surface area contributed by atoms with Gasteiger partial charge in [0.25, 0.3) is 0 Å². The quantitative estimate of drug-likeness (QED) is 0.819. The maximum absolute atomic E-state index is 3.37. The highest BCUT2D eigenvalue weighted by atomic mass is 14.9. The molecule has 2 aromatic carbocycles. The average Bonchev–Trinajstić information content (AvgIpc) is 2.38. The van der Waals surface area contributed by atoms with Crippen LogP contribution in [-0.2, 0) is 6.42 Å². The van der Waals surface area contributed by atoms with Gasteiger partial charge in [-0.3, -0.25) is 0 Å². The molecule has 0 fully saturated rings. The maximum atomic E-state index is 3.37. The van der Waals surface area contributed by atoms with Gasteiger partial charge in [-0.05, 0) is 24.6 Å². The Labute approximate surface area is 97.1 Å². The summed E-state index contributed by atoms with van der Waals surface area (Å²) in [7, 11) is 2.01. The molecule has 0 heterocycles. The molecule has 1 unspecified atom stereocenters. The molecule has 1 nitrogen and oxygen atoms in total. The SMILES string of the molecule is CNC(Cc1ccccc1)c1ccccc1. The van der Waals surface area contributed by atoms with Gasteiger partial charge in [0.1, 0.15) is 0 Å². The van der Waals surface area contributed by atoms with Crippen LogP contribution in [0, 0.1) is 0 Å². The minimum Gasteiger partial charge on any atom is -0.313 e. The first kappa shape index (κ1) is 10.9. The predicted octanol–water partition coefficient (Wildman–Crippen LogP) is 3.19. The Morgan fingerprint density at radius 1 is 0.875 bits per heavy atom. The number of hydrogen-bond acceptors (Lipinski definition) is 1. The highest BCUT2D eigenvalue weighted by molar-refractivity contribution is 5.23. The Kier molecular flexibility index (Phi) is 3.73. The molecule has 0 spiro atoms. The van der Waals surface area contributed by atoms with Crippen LogP contribution in [0.3, 0.4) is 0 Å². The Morgan fingerprint density at radius 3 is 2.00 bits per heavy atom. The summed E-state index contributed by atoms with van der Waals surface area (Å²) < 4.78 is 0. The van der Waals surface area contributed by atoms with E-state index >= 15 is 0 Å². The first-order valence-corrected chi connectivity index (χ1v) is 5.66. The van der Waals surface area contributed by atoms with Crippen molar-refractivity contribution in [1.82, 2.24) is 5.32 Å². The molecule has 2 aromatic rings. The normalized spacial score (nSPS) is 12.3. The van der Waals surface area contributed by atoms with E-state index in [-0.39, 0.29) is 0 Å². The second-order valence-electron chi connectivity index (χ2n) is 3.94. The second-order valence-corrected chi connectivity index (χ2v) is 3.94. The maximum Gasteiger partial charge on any atom is 0.0358 e. The van der Waals surface area contributed by atoms with Gasteiger partial charge in [-0.1, -0.05) is 60.7 Å². The van der Waals surface area contributed by atoms with Gasteiger partial charge >= 0.3 is 0 Å². The molecule has 1 N–H and O–H groups in total. The standard InChI is InChI=1S/C15H17N/c1-16-15(14-10-6-3-7-11-14)12-13-8-4-2-5-9-13/h2-11,15-16H,12H2,1H3. The van der Waals surface area contributed by atoms with Crippen molar-refractivity contribution in [3.05, 3.63) is 71.8 Å². The van der Waals surface area contributed by atoms with Crippen LogP contribution in [0.25, 0.3) is 0 Å². The highest BCUT2D eigenvalue weighted by Crippen LogP contribution is 2.17. The lowest BCUT2D eigenvalue weighted by atomic mass is 9.99. The first-order valence-electron chi connectivity index (χ1n) is 5.66. The van der Waals surface area contributed by atoms with Gasteiger partial charge in [-0.2, -0.15) is 0 Å². The molecule has 0 aliphatic carbocycles. The summed E-state index contributed by atoms with van der Waals surface area (Å²) in [5.41, 5.74) is 2.71. The fourth-order valence-electron chi connectivity index (χ4n) is 1.92. The van der Waals surface area contributed by atoms with E-state index in [1.807, 2.05) is 7.05 Å². The molecule has 0 aromatic heterocycles. The number of rotatable bonds is 4. The minimum atomic E-state index is 0.392. The van der Waals surface area contributed by atoms with Crippen molar-refractivity contribution in [3.63, 3.8) is 0 Å². The van der Waals surface area contributed by atoms with E-state index in [1.165, 1.54) is 11.1 Å². The molecule has 1 heteroatoms. The molecule has 1 atom stereocenters. The van der Waals surface area contributed by atoms with Gasteiger partial charge in [-0.15, -0.1) is 0 Å². The summed E-state index contributed by atoms with van der Waals surface area (Å²) in [6, 6.07) is 21.5. The number of benzene rings is 2. The largest absolute Gasteiger partial charge is 0.313 e. The Morgan fingerprint density at radius 2 is 1.44 bits per heavy atom. The number of nitrogens with one attached hydrogen (secondary N) is 1. The second kappa shape index (κ2) is 5.47. The molecule has 16 heavy (non-hydrogen) atoms. The summed E-state index contributed by atoms with van der Waals surface area (Å²) in [4.78, 5) is 0. The molecule has 0 aliphatic rings. The summed E-state index contributed by atoms with van der Waals surface area (Å²) in [5, 5.41) is 3.37. The van der Waals surface area contributed by atoms with Crippen LogP contribution >= 0.6 is 0 Å². The van der Waals surface area contributed by atoms with Crippen molar-refractivity contribution in [3.8, 4) is 0 Å². The van der Waals surface area contributed by atoms with Crippen LogP contribution in [0.4, 0.5) is 0 Å². The van der Waals surface area contributed by atoms with Gasteiger partial charge in [0.05, 0.1) is 0 Å². The minimum absolute atomic E-state index is 0.392. The van der Waals surface area contributed by atoms with Crippen LogP contribution < -0.4 is 5.32 Å². The third-order valence-electron chi connectivity index (χ3n) is 2.83. The zero-order valence-corrected chi connectivity index (χ0v) is 9.56. The zero-order valence-electron chi connectivity index (χ0n) is 9.56. The van der Waals surface area contributed by atoms with Gasteiger partial charge in [0.2, 0.25) is 0 Å². The van der Waals surface area contributed by atoms with E-state index in [1.54, 1.807) is 0 Å². The van der Waals surface area contributed by atoms with E-state index in [0.717, 1.165) is 6.42 Å². The lowest BCUT2D eigenvalue weighted by Gasteiger charge is -2.16. The van der Waals surface area contributed by atoms with Crippen molar-refractivity contribution in [2.24, 2.45) is 0 Å². The average molecular weight is 211 g/mol. The lowest BCUT2D eigenvalue weighted by molar-refractivity contribution is 0.592. The van der Waals surface area contributed by atoms with Crippen molar-refractivity contribution in [2.45, 2.75) is 12.5 Å². The van der Waals surface area contributed by atoms with E-state index in [0.29, 0.717) is 6.04 Å². The molecule has 0 saturated carbocycles. The number of hydrogen-bond donors (Lipinski definition) is 1. The van der Waals surface area contributed by atoms with Crippen molar-refractivity contribution < 1.29 is 0 Å². The topological polar surface area (TPSA) is 12.0 Å². The van der Waals surface area contributed by atoms with Crippen LogP contribution in [0.2, 0.25) is 0 Å². The molecule has 0 saturated heterocycles.